The Morgan fingerprint density at radius 1 is 1.00 bits per heavy atom. The number of nitrogens with one attached hydrogen (secondary N) is 1. The second-order valence-electron chi connectivity index (χ2n) is 9.34. The zero-order valence-electron chi connectivity index (χ0n) is 16.1. The molecule has 0 heterocycles. The molecule has 0 aromatic rings. The minimum Gasteiger partial charge on any atom is -0.519 e. The summed E-state index contributed by atoms with van der Waals surface area (Å²) in [5, 5.41) is 0.339. The smallest absolute Gasteiger partial charge is 0.296 e. The van der Waals surface area contributed by atoms with E-state index in [0.29, 0.717) is 6.54 Å². The monoisotopic (exact) mass is 331 g/mol. The molecule has 0 spiro atoms. The van der Waals surface area contributed by atoms with Crippen LogP contribution < -0.4 is 4.98 Å². The Balaban J connectivity index is 4.63. The van der Waals surface area contributed by atoms with Crippen molar-refractivity contribution in [3.05, 3.63) is 0 Å². The Hall–Kier alpha value is -0.136. The molecule has 0 aliphatic heterocycles. The minimum absolute atomic E-state index is 0.0483. The first kappa shape index (κ1) is 20.9. The van der Waals surface area contributed by atoms with Gasteiger partial charge in [-0.25, -0.2) is 0 Å². The average Bonchev–Trinajstić information content (AvgIpc) is 2.21. The van der Waals surface area contributed by atoms with Gasteiger partial charge in [-0.15, -0.1) is 0 Å². The van der Waals surface area contributed by atoms with Gasteiger partial charge in [0.1, 0.15) is 8.24 Å². The summed E-state index contributed by atoms with van der Waals surface area (Å²) in [6.07, 6.45) is 0. The van der Waals surface area contributed by atoms with E-state index in [2.05, 4.69) is 72.7 Å². The molecule has 0 fully saturated rings. The molecule has 5 heteroatoms. The van der Waals surface area contributed by atoms with E-state index >= 15 is 0 Å². The first-order valence-corrected chi connectivity index (χ1v) is 13.9. The summed E-state index contributed by atoms with van der Waals surface area (Å²) < 4.78 is 5.89. The Kier molecular flexibility index (Phi) is 6.50. The molecule has 21 heavy (non-hydrogen) atoms. The molecule has 0 rings (SSSR count). The summed E-state index contributed by atoms with van der Waals surface area (Å²) in [4.78, 5) is 16.0. The number of hydrogen-bond donors (Lipinski definition) is 1. The van der Waals surface area contributed by atoms with Crippen molar-refractivity contribution in [2.24, 2.45) is 5.92 Å². The molecule has 0 amide bonds. The third kappa shape index (κ3) is 5.87. The fourth-order valence-electron chi connectivity index (χ4n) is 1.26. The Morgan fingerprint density at radius 2 is 1.43 bits per heavy atom. The summed E-state index contributed by atoms with van der Waals surface area (Å²) in [7, 11) is -3.56. The van der Waals surface area contributed by atoms with Crippen LogP contribution in [0, 0.1) is 5.92 Å². The standard InChI is InChI=1S/C16H37NO2Si2/c1-13(12-17-20(8,9)15(2,3)4)14(18)19-21(10,11)16(5,6)7/h13,17H,12H2,1-11H3. The highest BCUT2D eigenvalue weighted by Gasteiger charge is 2.41. The van der Waals surface area contributed by atoms with Crippen LogP contribution in [0.15, 0.2) is 0 Å². The Labute approximate surface area is 134 Å². The molecular formula is C16H37NO2Si2. The fourth-order valence-corrected chi connectivity index (χ4v) is 3.62. The molecular weight excluding hydrogens is 294 g/mol. The van der Waals surface area contributed by atoms with Crippen molar-refractivity contribution in [1.82, 2.24) is 4.98 Å². The van der Waals surface area contributed by atoms with Crippen LogP contribution >= 0.6 is 0 Å². The third-order valence-electron chi connectivity index (χ3n) is 5.29. The van der Waals surface area contributed by atoms with Crippen molar-refractivity contribution in [1.29, 1.82) is 0 Å². The lowest BCUT2D eigenvalue weighted by molar-refractivity contribution is -0.139. The average molecular weight is 332 g/mol. The van der Waals surface area contributed by atoms with E-state index in [0.717, 1.165) is 0 Å². The van der Waals surface area contributed by atoms with E-state index in [1.807, 2.05) is 6.92 Å². The second-order valence-corrected chi connectivity index (χ2v) is 19.2. The highest BCUT2D eigenvalue weighted by Crippen LogP contribution is 2.37. The topological polar surface area (TPSA) is 38.3 Å². The zero-order valence-corrected chi connectivity index (χ0v) is 18.1. The van der Waals surface area contributed by atoms with Crippen molar-refractivity contribution in [3.63, 3.8) is 0 Å². The predicted molar refractivity (Wildman–Crippen MR) is 97.7 cm³/mol. The number of hydrogen-bond acceptors (Lipinski definition) is 3. The van der Waals surface area contributed by atoms with Crippen molar-refractivity contribution in [2.75, 3.05) is 6.54 Å². The van der Waals surface area contributed by atoms with Gasteiger partial charge in [-0.3, -0.25) is 4.79 Å². The SMILES string of the molecule is CC(CN[Si](C)(C)C(C)(C)C)C(=O)O[Si](C)(C)C(C)(C)C. The second kappa shape index (κ2) is 6.54. The van der Waals surface area contributed by atoms with Crippen LogP contribution in [0.2, 0.25) is 36.3 Å². The molecule has 126 valence electrons. The maximum absolute atomic E-state index is 12.4. The molecule has 0 bridgehead atoms. The summed E-state index contributed by atoms with van der Waals surface area (Å²) in [5.74, 6) is -0.138. The quantitative estimate of drug-likeness (QED) is 0.738. The van der Waals surface area contributed by atoms with Gasteiger partial charge in [0.25, 0.3) is 14.3 Å². The van der Waals surface area contributed by atoms with Gasteiger partial charge >= 0.3 is 0 Å². The van der Waals surface area contributed by atoms with Crippen LogP contribution in [0.3, 0.4) is 0 Å². The van der Waals surface area contributed by atoms with E-state index < -0.39 is 16.6 Å². The maximum atomic E-state index is 12.4. The van der Waals surface area contributed by atoms with E-state index in [-0.39, 0.29) is 22.0 Å². The number of carbonyl (C=O) groups excluding carboxylic acids is 1. The fraction of sp³-hybridized carbons (Fsp3) is 0.938. The zero-order chi connectivity index (χ0) is 17.3. The van der Waals surface area contributed by atoms with E-state index in [1.54, 1.807) is 0 Å². The normalized spacial score (nSPS) is 15.8. The maximum Gasteiger partial charge on any atom is 0.296 e. The lowest BCUT2D eigenvalue weighted by Gasteiger charge is -2.39. The van der Waals surface area contributed by atoms with E-state index in [4.69, 9.17) is 4.43 Å². The molecule has 0 saturated heterocycles. The van der Waals surface area contributed by atoms with Crippen LogP contribution in [0.4, 0.5) is 0 Å². The van der Waals surface area contributed by atoms with Crippen molar-refractivity contribution in [3.8, 4) is 0 Å². The first-order valence-electron chi connectivity index (χ1n) is 7.99. The lowest BCUT2D eigenvalue weighted by atomic mass is 10.2. The molecule has 1 unspecified atom stereocenters. The molecule has 1 N–H and O–H groups in total. The highest BCUT2D eigenvalue weighted by atomic mass is 28.4. The van der Waals surface area contributed by atoms with Gasteiger partial charge in [-0.05, 0) is 23.2 Å². The lowest BCUT2D eigenvalue weighted by Crippen LogP contribution is -2.54. The first-order chi connectivity index (χ1) is 9.01. The summed E-state index contributed by atoms with van der Waals surface area (Å²) in [5.41, 5.74) is 0. The van der Waals surface area contributed by atoms with Crippen LogP contribution in [-0.2, 0) is 9.22 Å². The van der Waals surface area contributed by atoms with Gasteiger partial charge in [0.15, 0.2) is 0 Å². The van der Waals surface area contributed by atoms with Crippen molar-refractivity contribution < 1.29 is 9.22 Å². The minimum atomic E-state index is -2.01. The summed E-state index contributed by atoms with van der Waals surface area (Å²) in [6.45, 7) is 24.8. The van der Waals surface area contributed by atoms with Crippen molar-refractivity contribution in [2.45, 2.75) is 84.7 Å². The molecule has 0 radical (unpaired) electrons. The Bertz CT molecular complexity index is 365. The summed E-state index contributed by atoms with van der Waals surface area (Å²) >= 11 is 0. The highest BCUT2D eigenvalue weighted by molar-refractivity contribution is 6.77. The predicted octanol–water partition coefficient (Wildman–Crippen LogP) is 4.77. The van der Waals surface area contributed by atoms with Gasteiger partial charge in [0.2, 0.25) is 0 Å². The van der Waals surface area contributed by atoms with Gasteiger partial charge in [0, 0.05) is 6.54 Å². The molecule has 0 aliphatic carbocycles. The number of carbonyl (C=O) groups is 1. The molecule has 0 aliphatic rings. The van der Waals surface area contributed by atoms with Crippen LogP contribution in [-0.4, -0.2) is 29.1 Å². The van der Waals surface area contributed by atoms with Crippen molar-refractivity contribution >= 4 is 22.5 Å². The van der Waals surface area contributed by atoms with Crippen LogP contribution in [0.1, 0.15) is 48.5 Å². The molecule has 1 atom stereocenters. The van der Waals surface area contributed by atoms with E-state index in [1.165, 1.54) is 0 Å². The van der Waals surface area contributed by atoms with Crippen LogP contribution in [0.25, 0.3) is 0 Å². The van der Waals surface area contributed by atoms with Gasteiger partial charge in [-0.2, -0.15) is 0 Å². The number of rotatable bonds is 5. The van der Waals surface area contributed by atoms with Gasteiger partial charge < -0.3 is 9.41 Å². The van der Waals surface area contributed by atoms with Crippen LogP contribution in [0.5, 0.6) is 0 Å². The molecule has 0 aromatic heterocycles. The van der Waals surface area contributed by atoms with Gasteiger partial charge in [-0.1, -0.05) is 61.6 Å². The molecule has 3 nitrogen and oxygen atoms in total. The third-order valence-corrected chi connectivity index (χ3v) is 14.5. The summed E-state index contributed by atoms with van der Waals surface area (Å²) in [6, 6.07) is 0. The molecule has 0 aromatic carbocycles. The van der Waals surface area contributed by atoms with Gasteiger partial charge in [0.05, 0.1) is 5.92 Å². The largest absolute Gasteiger partial charge is 0.519 e. The Morgan fingerprint density at radius 3 is 1.76 bits per heavy atom. The molecule has 0 saturated carbocycles. The van der Waals surface area contributed by atoms with E-state index in [9.17, 15) is 4.79 Å².